The first-order chi connectivity index (χ1) is 14.7. The average Bonchev–Trinajstić information content (AvgIpc) is 3.15. The molecule has 13 heteroatoms. The smallest absolute Gasteiger partial charge is 0.435 e. The summed E-state index contributed by atoms with van der Waals surface area (Å²) >= 11 is 5.46. The molecular formula is C19H12ClF7N2O3. The number of methoxy groups -OCH3 is 1. The Balaban J connectivity index is 2.10. The number of aryl methyl sites for hydroxylation is 1. The van der Waals surface area contributed by atoms with Gasteiger partial charge in [0.25, 0.3) is 5.60 Å². The number of oxime groups is 1. The predicted octanol–water partition coefficient (Wildman–Crippen LogP) is 5.57. The van der Waals surface area contributed by atoms with Gasteiger partial charge >= 0.3 is 18.3 Å². The van der Waals surface area contributed by atoms with Crippen LogP contribution in [0.1, 0.15) is 39.3 Å². The molecule has 0 saturated carbocycles. The summed E-state index contributed by atoms with van der Waals surface area (Å²) < 4.78 is 101. The SMILES string of the molecule is COC(=O)c1ccc(C2=NOC(c3cc(C(F)(F)F)cc(Cl)c3F)(C(F)(F)F)C2)nc1C. The minimum atomic E-state index is -5.38. The van der Waals surface area contributed by atoms with Gasteiger partial charge in [-0.05, 0) is 31.2 Å². The van der Waals surface area contributed by atoms with Gasteiger partial charge in [-0.15, -0.1) is 0 Å². The lowest BCUT2D eigenvalue weighted by molar-refractivity contribution is -0.276. The lowest BCUT2D eigenvalue weighted by Gasteiger charge is -2.30. The number of ether oxygens (including phenoxy) is 1. The molecule has 1 aliphatic heterocycles. The van der Waals surface area contributed by atoms with Crippen molar-refractivity contribution in [2.75, 3.05) is 7.11 Å². The minimum absolute atomic E-state index is 0.00774. The topological polar surface area (TPSA) is 60.8 Å². The van der Waals surface area contributed by atoms with Crippen LogP contribution in [0.4, 0.5) is 30.7 Å². The predicted molar refractivity (Wildman–Crippen MR) is 96.7 cm³/mol. The van der Waals surface area contributed by atoms with Crippen molar-refractivity contribution in [1.82, 2.24) is 4.98 Å². The molecule has 1 aromatic heterocycles. The number of hydrogen-bond acceptors (Lipinski definition) is 5. The van der Waals surface area contributed by atoms with E-state index < -0.39 is 58.0 Å². The van der Waals surface area contributed by atoms with Crippen molar-refractivity contribution in [3.63, 3.8) is 0 Å². The van der Waals surface area contributed by atoms with Gasteiger partial charge in [0.15, 0.2) is 0 Å². The fourth-order valence-electron chi connectivity index (χ4n) is 3.11. The van der Waals surface area contributed by atoms with Crippen molar-refractivity contribution < 1.29 is 45.1 Å². The maximum atomic E-state index is 14.6. The number of pyridine rings is 1. The fraction of sp³-hybridized carbons (Fsp3) is 0.316. The normalized spacial score (nSPS) is 18.9. The maximum absolute atomic E-state index is 14.6. The van der Waals surface area contributed by atoms with E-state index in [-0.39, 0.29) is 29.1 Å². The van der Waals surface area contributed by atoms with Crippen molar-refractivity contribution in [3.8, 4) is 0 Å². The number of carbonyl (C=O) groups excluding carboxylic acids is 1. The van der Waals surface area contributed by atoms with Crippen molar-refractivity contribution in [2.45, 2.75) is 31.3 Å². The standard InChI is InChI=1S/C19H12ClF7N2O3/c1-8-10(16(30)31-2)3-4-13(28-8)14-7-17(32-29-14,19(25,26)27)11-5-9(18(22,23)24)6-12(20)15(11)21/h3-6H,7H2,1-2H3. The molecule has 0 radical (unpaired) electrons. The largest absolute Gasteiger partial charge is 0.465 e. The van der Waals surface area contributed by atoms with Crippen LogP contribution in [-0.4, -0.2) is 30.0 Å². The number of carbonyl (C=O) groups is 1. The van der Waals surface area contributed by atoms with E-state index in [1.54, 1.807) is 0 Å². The Labute approximate surface area is 180 Å². The van der Waals surface area contributed by atoms with Gasteiger partial charge in [0.1, 0.15) is 11.5 Å². The molecule has 1 aliphatic rings. The molecule has 1 unspecified atom stereocenters. The molecule has 2 aromatic rings. The van der Waals surface area contributed by atoms with Gasteiger partial charge in [-0.25, -0.2) is 9.18 Å². The van der Waals surface area contributed by atoms with Crippen molar-refractivity contribution >= 4 is 23.3 Å². The molecule has 5 nitrogen and oxygen atoms in total. The van der Waals surface area contributed by atoms with E-state index in [0.29, 0.717) is 0 Å². The van der Waals surface area contributed by atoms with E-state index in [0.717, 1.165) is 13.2 Å². The number of rotatable bonds is 3. The van der Waals surface area contributed by atoms with E-state index in [1.165, 1.54) is 13.0 Å². The molecule has 32 heavy (non-hydrogen) atoms. The summed E-state index contributed by atoms with van der Waals surface area (Å²) in [6, 6.07) is 2.55. The van der Waals surface area contributed by atoms with E-state index >= 15 is 0 Å². The van der Waals surface area contributed by atoms with Crippen molar-refractivity contribution in [3.05, 3.63) is 63.2 Å². The van der Waals surface area contributed by atoms with Crippen LogP contribution >= 0.6 is 11.6 Å². The van der Waals surface area contributed by atoms with Gasteiger partial charge in [0.05, 0.1) is 41.1 Å². The second-order valence-electron chi connectivity index (χ2n) is 6.77. The van der Waals surface area contributed by atoms with Gasteiger partial charge in [0.2, 0.25) is 0 Å². The third-order valence-electron chi connectivity index (χ3n) is 4.76. The molecule has 0 N–H and O–H groups in total. The van der Waals surface area contributed by atoms with Crippen LogP contribution in [0.25, 0.3) is 0 Å². The maximum Gasteiger partial charge on any atom is 0.435 e. The Hall–Kier alpha value is -2.89. The first kappa shape index (κ1) is 23.8. The molecule has 0 saturated heterocycles. The number of nitrogens with zero attached hydrogens (tertiary/aromatic N) is 2. The molecule has 0 fully saturated rings. The van der Waals surface area contributed by atoms with E-state index in [9.17, 15) is 35.5 Å². The Morgan fingerprint density at radius 3 is 2.38 bits per heavy atom. The van der Waals surface area contributed by atoms with Gasteiger partial charge in [-0.2, -0.15) is 26.3 Å². The molecule has 0 aliphatic carbocycles. The first-order valence-corrected chi connectivity index (χ1v) is 9.04. The Kier molecular flexibility index (Phi) is 5.87. The number of hydrogen-bond donors (Lipinski definition) is 0. The monoisotopic (exact) mass is 484 g/mol. The summed E-state index contributed by atoms with van der Waals surface area (Å²) in [5.74, 6) is -2.46. The number of benzene rings is 1. The highest BCUT2D eigenvalue weighted by Crippen LogP contribution is 2.51. The highest BCUT2D eigenvalue weighted by atomic mass is 35.5. The van der Waals surface area contributed by atoms with Gasteiger partial charge in [-0.1, -0.05) is 16.8 Å². The van der Waals surface area contributed by atoms with Gasteiger partial charge in [0, 0.05) is 5.56 Å². The summed E-state index contributed by atoms with van der Waals surface area (Å²) in [4.78, 5) is 20.2. The zero-order chi connectivity index (χ0) is 24.1. The Bertz CT molecular complexity index is 1120. The fourth-order valence-corrected chi connectivity index (χ4v) is 3.33. The molecule has 1 atom stereocenters. The zero-order valence-corrected chi connectivity index (χ0v) is 16.9. The number of halogens is 8. The van der Waals surface area contributed by atoms with E-state index in [2.05, 4.69) is 19.7 Å². The lowest BCUT2D eigenvalue weighted by atomic mass is 9.86. The molecule has 3 rings (SSSR count). The van der Waals surface area contributed by atoms with Crippen LogP contribution in [0.5, 0.6) is 0 Å². The number of aromatic nitrogens is 1. The van der Waals surface area contributed by atoms with Crippen LogP contribution in [0, 0.1) is 12.7 Å². The Morgan fingerprint density at radius 2 is 1.84 bits per heavy atom. The summed E-state index contributed by atoms with van der Waals surface area (Å²) in [5, 5.41) is 2.17. The second kappa shape index (κ2) is 7.91. The average molecular weight is 485 g/mol. The summed E-state index contributed by atoms with van der Waals surface area (Å²) in [7, 11) is 1.12. The van der Waals surface area contributed by atoms with Crippen LogP contribution in [0.3, 0.4) is 0 Å². The van der Waals surface area contributed by atoms with Crippen LogP contribution in [0.2, 0.25) is 5.02 Å². The summed E-state index contributed by atoms with van der Waals surface area (Å²) in [6.07, 6.45) is -11.7. The van der Waals surface area contributed by atoms with Gasteiger partial charge in [-0.3, -0.25) is 4.98 Å². The van der Waals surface area contributed by atoms with E-state index in [1.807, 2.05) is 0 Å². The quantitative estimate of drug-likeness (QED) is 0.422. The second-order valence-corrected chi connectivity index (χ2v) is 7.18. The molecule has 1 aromatic carbocycles. The first-order valence-electron chi connectivity index (χ1n) is 8.66. The highest BCUT2D eigenvalue weighted by molar-refractivity contribution is 6.30. The van der Waals surface area contributed by atoms with Crippen LogP contribution in [0.15, 0.2) is 29.4 Å². The highest BCUT2D eigenvalue weighted by Gasteiger charge is 2.64. The molecule has 2 heterocycles. The molecular weight excluding hydrogens is 473 g/mol. The Morgan fingerprint density at radius 1 is 1.19 bits per heavy atom. The number of esters is 1. The van der Waals surface area contributed by atoms with Crippen LogP contribution < -0.4 is 0 Å². The number of alkyl halides is 6. The van der Waals surface area contributed by atoms with Crippen LogP contribution in [-0.2, 0) is 21.4 Å². The van der Waals surface area contributed by atoms with Gasteiger partial charge < -0.3 is 9.57 Å². The third-order valence-corrected chi connectivity index (χ3v) is 5.04. The minimum Gasteiger partial charge on any atom is -0.465 e. The summed E-state index contributed by atoms with van der Waals surface area (Å²) in [5.41, 5.74) is -7.08. The molecule has 172 valence electrons. The van der Waals surface area contributed by atoms with Crippen molar-refractivity contribution in [2.24, 2.45) is 5.16 Å². The molecule has 0 spiro atoms. The van der Waals surface area contributed by atoms with E-state index in [4.69, 9.17) is 11.6 Å². The zero-order valence-electron chi connectivity index (χ0n) is 16.2. The molecule has 0 amide bonds. The lowest BCUT2D eigenvalue weighted by Crippen LogP contribution is -2.43. The third kappa shape index (κ3) is 3.98. The molecule has 0 bridgehead atoms. The summed E-state index contributed by atoms with van der Waals surface area (Å²) in [6.45, 7) is 1.38. The van der Waals surface area contributed by atoms with Crippen molar-refractivity contribution in [1.29, 1.82) is 0 Å².